The van der Waals surface area contributed by atoms with E-state index >= 15 is 0 Å². The third-order valence-corrected chi connectivity index (χ3v) is 4.42. The standard InChI is InChI=1S/C10H8Cl4O2/c1-3-9(15)7(13)5(11)6(12)8(14)10(9,16)4-2/h3-4,15-16H,1-2H2/t9-,10-/m0/s1. The van der Waals surface area contributed by atoms with E-state index in [1.807, 2.05) is 0 Å². The van der Waals surface area contributed by atoms with Crippen LogP contribution in [-0.2, 0) is 0 Å². The number of rotatable bonds is 2. The van der Waals surface area contributed by atoms with Crippen LogP contribution in [-0.4, -0.2) is 21.4 Å². The highest BCUT2D eigenvalue weighted by Gasteiger charge is 2.54. The molecule has 2 N–H and O–H groups in total. The summed E-state index contributed by atoms with van der Waals surface area (Å²) >= 11 is 23.2. The van der Waals surface area contributed by atoms with Crippen LogP contribution in [0.25, 0.3) is 0 Å². The molecule has 88 valence electrons. The van der Waals surface area contributed by atoms with Crippen LogP contribution in [0, 0.1) is 0 Å². The molecule has 0 heterocycles. The van der Waals surface area contributed by atoms with Crippen LogP contribution in [0.3, 0.4) is 0 Å². The molecule has 0 aromatic rings. The van der Waals surface area contributed by atoms with Crippen LogP contribution in [0.4, 0.5) is 0 Å². The molecule has 0 fully saturated rings. The van der Waals surface area contributed by atoms with E-state index in [0.29, 0.717) is 0 Å². The van der Waals surface area contributed by atoms with Gasteiger partial charge in [0.2, 0.25) is 0 Å². The number of allylic oxidation sites excluding steroid dienone is 2. The highest BCUT2D eigenvalue weighted by molar-refractivity contribution is 6.52. The molecule has 0 unspecified atom stereocenters. The molecule has 0 saturated carbocycles. The molecule has 6 heteroatoms. The molecule has 0 bridgehead atoms. The number of hydrogen-bond acceptors (Lipinski definition) is 2. The van der Waals surface area contributed by atoms with Gasteiger partial charge in [-0.05, 0) is 0 Å². The van der Waals surface area contributed by atoms with Crippen molar-refractivity contribution in [1.29, 1.82) is 0 Å². The van der Waals surface area contributed by atoms with E-state index in [9.17, 15) is 10.2 Å². The summed E-state index contributed by atoms with van der Waals surface area (Å²) in [4.78, 5) is 0. The van der Waals surface area contributed by atoms with Gasteiger partial charge in [0.1, 0.15) is 0 Å². The van der Waals surface area contributed by atoms with Gasteiger partial charge in [0.05, 0.1) is 20.1 Å². The Morgan fingerprint density at radius 3 is 1.25 bits per heavy atom. The number of hydrogen-bond donors (Lipinski definition) is 2. The molecule has 1 rings (SSSR count). The Hall–Kier alpha value is 0.0400. The lowest BCUT2D eigenvalue weighted by Gasteiger charge is -2.42. The highest BCUT2D eigenvalue weighted by atomic mass is 35.5. The Kier molecular flexibility index (Phi) is 3.85. The zero-order valence-electron chi connectivity index (χ0n) is 7.98. The lowest BCUT2D eigenvalue weighted by molar-refractivity contribution is -0.0371. The largest absolute Gasteiger partial charge is 0.376 e. The van der Waals surface area contributed by atoms with Crippen LogP contribution < -0.4 is 0 Å². The van der Waals surface area contributed by atoms with E-state index in [-0.39, 0.29) is 20.1 Å². The van der Waals surface area contributed by atoms with Gasteiger partial charge in [0.25, 0.3) is 0 Å². The molecule has 0 aliphatic heterocycles. The molecule has 16 heavy (non-hydrogen) atoms. The second-order valence-electron chi connectivity index (χ2n) is 3.20. The van der Waals surface area contributed by atoms with E-state index in [1.165, 1.54) is 0 Å². The number of halogens is 4. The van der Waals surface area contributed by atoms with Gasteiger partial charge >= 0.3 is 0 Å². The van der Waals surface area contributed by atoms with Gasteiger partial charge in [0.15, 0.2) is 11.2 Å². The van der Waals surface area contributed by atoms with E-state index < -0.39 is 11.2 Å². The average molecular weight is 302 g/mol. The molecule has 0 radical (unpaired) electrons. The molecule has 0 saturated heterocycles. The molecule has 0 aromatic carbocycles. The Balaban J connectivity index is 3.66. The van der Waals surface area contributed by atoms with Gasteiger partial charge < -0.3 is 10.2 Å². The first-order valence-electron chi connectivity index (χ1n) is 4.10. The van der Waals surface area contributed by atoms with Crippen LogP contribution in [0.15, 0.2) is 45.4 Å². The van der Waals surface area contributed by atoms with E-state index in [0.717, 1.165) is 12.2 Å². The smallest absolute Gasteiger partial charge is 0.157 e. The summed E-state index contributed by atoms with van der Waals surface area (Å²) in [6, 6.07) is 0. The SMILES string of the molecule is C=C[C@]1(O)C(Cl)=C(Cl)C(Cl)=C(Cl)[C@@]1(O)C=C. The fraction of sp³-hybridized carbons (Fsp3) is 0.200. The Bertz CT molecular complexity index is 387. The summed E-state index contributed by atoms with van der Waals surface area (Å²) < 4.78 is 0. The van der Waals surface area contributed by atoms with E-state index in [4.69, 9.17) is 46.4 Å². The van der Waals surface area contributed by atoms with Crippen molar-refractivity contribution in [2.75, 3.05) is 0 Å². The predicted octanol–water partition coefficient (Wildman–Crippen LogP) is 3.21. The Morgan fingerprint density at radius 1 is 0.812 bits per heavy atom. The van der Waals surface area contributed by atoms with Gasteiger partial charge in [0, 0.05) is 0 Å². The van der Waals surface area contributed by atoms with Crippen molar-refractivity contribution in [1.82, 2.24) is 0 Å². The number of aliphatic hydroxyl groups is 2. The summed E-state index contributed by atoms with van der Waals surface area (Å²) in [5.74, 6) is 0. The summed E-state index contributed by atoms with van der Waals surface area (Å²) in [7, 11) is 0. The van der Waals surface area contributed by atoms with E-state index in [1.54, 1.807) is 0 Å². The van der Waals surface area contributed by atoms with Crippen molar-refractivity contribution < 1.29 is 10.2 Å². The predicted molar refractivity (Wildman–Crippen MR) is 67.8 cm³/mol. The Morgan fingerprint density at radius 2 is 1.06 bits per heavy atom. The molecule has 0 spiro atoms. The summed E-state index contributed by atoms with van der Waals surface area (Å²) in [6.07, 6.45) is 2.04. The molecule has 0 amide bonds. The molecular formula is C10H8Cl4O2. The highest BCUT2D eigenvalue weighted by Crippen LogP contribution is 2.50. The van der Waals surface area contributed by atoms with Crippen molar-refractivity contribution in [3.05, 3.63) is 45.4 Å². The quantitative estimate of drug-likeness (QED) is 0.769. The maximum Gasteiger partial charge on any atom is 0.157 e. The topological polar surface area (TPSA) is 40.5 Å². The van der Waals surface area contributed by atoms with Gasteiger partial charge in [-0.2, -0.15) is 0 Å². The monoisotopic (exact) mass is 300 g/mol. The molecule has 0 aromatic heterocycles. The lowest BCUT2D eigenvalue weighted by Crippen LogP contribution is -2.54. The first kappa shape index (κ1) is 14.1. The van der Waals surface area contributed by atoms with E-state index in [2.05, 4.69) is 13.2 Å². The van der Waals surface area contributed by atoms with Gasteiger partial charge in [-0.1, -0.05) is 71.7 Å². The summed E-state index contributed by atoms with van der Waals surface area (Å²) in [5, 5.41) is 19.7. The maximum atomic E-state index is 10.2. The summed E-state index contributed by atoms with van der Waals surface area (Å²) in [6.45, 7) is 6.77. The van der Waals surface area contributed by atoms with Crippen molar-refractivity contribution in [3.8, 4) is 0 Å². The molecule has 2 atom stereocenters. The second-order valence-corrected chi connectivity index (χ2v) is 4.71. The first-order valence-corrected chi connectivity index (χ1v) is 5.61. The lowest BCUT2D eigenvalue weighted by atomic mass is 9.79. The molecule has 2 nitrogen and oxygen atoms in total. The molecular weight excluding hydrogens is 294 g/mol. The zero-order valence-corrected chi connectivity index (χ0v) is 11.0. The summed E-state index contributed by atoms with van der Waals surface area (Å²) in [5.41, 5.74) is -4.11. The third-order valence-electron chi connectivity index (χ3n) is 2.42. The zero-order chi connectivity index (χ0) is 12.7. The molecule has 1 aliphatic rings. The Labute approximate surface area is 113 Å². The van der Waals surface area contributed by atoms with Gasteiger partial charge in [-0.25, -0.2) is 0 Å². The first-order chi connectivity index (χ1) is 7.26. The van der Waals surface area contributed by atoms with Gasteiger partial charge in [-0.15, -0.1) is 0 Å². The van der Waals surface area contributed by atoms with Crippen molar-refractivity contribution in [2.24, 2.45) is 0 Å². The normalized spacial score (nSPS) is 35.4. The second kappa shape index (κ2) is 4.37. The average Bonchev–Trinajstić information content (AvgIpc) is 2.31. The van der Waals surface area contributed by atoms with Gasteiger partial charge in [-0.3, -0.25) is 0 Å². The van der Waals surface area contributed by atoms with Crippen molar-refractivity contribution >= 4 is 46.4 Å². The fourth-order valence-corrected chi connectivity index (χ4v) is 2.56. The van der Waals surface area contributed by atoms with Crippen LogP contribution in [0.1, 0.15) is 0 Å². The molecule has 1 aliphatic carbocycles. The fourth-order valence-electron chi connectivity index (χ4n) is 1.35. The van der Waals surface area contributed by atoms with Crippen LogP contribution in [0.2, 0.25) is 0 Å². The van der Waals surface area contributed by atoms with Crippen molar-refractivity contribution in [2.45, 2.75) is 11.2 Å². The van der Waals surface area contributed by atoms with Crippen molar-refractivity contribution in [3.63, 3.8) is 0 Å². The minimum atomic E-state index is -2.05. The van der Waals surface area contributed by atoms with Crippen LogP contribution >= 0.6 is 46.4 Å². The van der Waals surface area contributed by atoms with Crippen LogP contribution in [0.5, 0.6) is 0 Å². The minimum Gasteiger partial charge on any atom is -0.376 e. The maximum absolute atomic E-state index is 10.2. The third kappa shape index (κ3) is 1.57. The minimum absolute atomic E-state index is 0.137.